The summed E-state index contributed by atoms with van der Waals surface area (Å²) >= 11 is 0. The van der Waals surface area contributed by atoms with Crippen LogP contribution in [-0.2, 0) is 25.5 Å². The predicted molar refractivity (Wildman–Crippen MR) is 127 cm³/mol. The van der Waals surface area contributed by atoms with Crippen molar-refractivity contribution in [2.45, 2.75) is 55.6 Å². The third-order valence-electron chi connectivity index (χ3n) is 6.64. The Hall–Kier alpha value is -4.02. The molecular weight excluding hydrogens is 524 g/mol. The van der Waals surface area contributed by atoms with Gasteiger partial charge < -0.3 is 55.6 Å². The molecule has 7 atom stereocenters. The van der Waals surface area contributed by atoms with Crippen LogP contribution in [0.15, 0.2) is 35.6 Å². The summed E-state index contributed by atoms with van der Waals surface area (Å²) in [4.78, 5) is 34.9. The molecule has 0 unspecified atom stereocenters. The van der Waals surface area contributed by atoms with Crippen molar-refractivity contribution >= 4 is 29.8 Å². The van der Waals surface area contributed by atoms with Gasteiger partial charge in [0.1, 0.15) is 36.2 Å². The van der Waals surface area contributed by atoms with Gasteiger partial charge in [0.05, 0.1) is 19.1 Å². The largest absolute Gasteiger partial charge is 0.504 e. The first kappa shape index (κ1) is 28.0. The van der Waals surface area contributed by atoms with Crippen molar-refractivity contribution in [3.8, 4) is 11.5 Å². The van der Waals surface area contributed by atoms with E-state index in [4.69, 9.17) is 9.47 Å². The molecule has 15 nitrogen and oxygen atoms in total. The Balaban J connectivity index is 1.69. The van der Waals surface area contributed by atoms with Crippen LogP contribution >= 0.6 is 0 Å². The number of hydrogen-bond donors (Lipinski definition) is 9. The molecule has 1 aromatic rings. The molecule has 0 bridgehead atoms. The highest BCUT2D eigenvalue weighted by Gasteiger charge is 2.46. The third-order valence-corrected chi connectivity index (χ3v) is 6.64. The maximum absolute atomic E-state index is 12.0. The maximum Gasteiger partial charge on any atom is 0.373 e. The van der Waals surface area contributed by atoms with E-state index in [2.05, 4.69) is 5.32 Å². The van der Waals surface area contributed by atoms with E-state index >= 15 is 0 Å². The molecular formula is C24H27N2O13+. The third kappa shape index (κ3) is 5.57. The van der Waals surface area contributed by atoms with Crippen molar-refractivity contribution in [1.29, 1.82) is 0 Å². The van der Waals surface area contributed by atoms with Gasteiger partial charge in [-0.3, -0.25) is 0 Å². The number of nitrogens with one attached hydrogen (secondary N) is 1. The summed E-state index contributed by atoms with van der Waals surface area (Å²) < 4.78 is 12.2. The molecule has 0 amide bonds. The highest BCUT2D eigenvalue weighted by molar-refractivity contribution is 5.89. The first-order valence-corrected chi connectivity index (χ1v) is 11.7. The summed E-state index contributed by atoms with van der Waals surface area (Å²) in [5.74, 6) is -4.56. The molecule has 3 aliphatic heterocycles. The van der Waals surface area contributed by atoms with Crippen molar-refractivity contribution in [1.82, 2.24) is 5.32 Å². The van der Waals surface area contributed by atoms with Crippen molar-refractivity contribution in [3.63, 3.8) is 0 Å². The number of aromatic hydroxyl groups is 1. The lowest BCUT2D eigenvalue weighted by Crippen LogP contribution is -2.60. The molecule has 1 fully saturated rings. The van der Waals surface area contributed by atoms with E-state index in [1.165, 1.54) is 35.1 Å². The SMILES string of the molecule is O=C(O)C1=C/C(=C\C=[N+]2c3cc(O[C@@H]4O[C@@H](CO)[C@@H](O)[C@H](O)[C@H]4O)c(O)cc3C[C@@H]2C(=O)O)C[C@H](C(=O)O)N1. The van der Waals surface area contributed by atoms with Gasteiger partial charge in [0.2, 0.25) is 12.0 Å². The fourth-order valence-corrected chi connectivity index (χ4v) is 4.58. The van der Waals surface area contributed by atoms with Crippen LogP contribution < -0.4 is 10.1 Å². The zero-order valence-electron chi connectivity index (χ0n) is 20.1. The van der Waals surface area contributed by atoms with Crippen LogP contribution in [0.25, 0.3) is 0 Å². The van der Waals surface area contributed by atoms with E-state index in [9.17, 15) is 55.2 Å². The topological polar surface area (TPSA) is 247 Å². The van der Waals surface area contributed by atoms with Gasteiger partial charge in [-0.1, -0.05) is 0 Å². The first-order valence-electron chi connectivity index (χ1n) is 11.7. The predicted octanol–water partition coefficient (Wildman–Crippen LogP) is -2.36. The van der Waals surface area contributed by atoms with E-state index in [1.807, 2.05) is 0 Å². The van der Waals surface area contributed by atoms with Gasteiger partial charge >= 0.3 is 17.9 Å². The molecule has 3 heterocycles. The average molecular weight is 551 g/mol. The Labute approximate surface area is 219 Å². The van der Waals surface area contributed by atoms with Crippen LogP contribution in [0, 0.1) is 0 Å². The molecule has 4 rings (SSSR count). The number of phenols is 1. The van der Waals surface area contributed by atoms with E-state index < -0.39 is 73.1 Å². The summed E-state index contributed by atoms with van der Waals surface area (Å²) in [6.07, 6.45) is -4.14. The zero-order chi connectivity index (χ0) is 28.6. The maximum atomic E-state index is 12.0. The summed E-state index contributed by atoms with van der Waals surface area (Å²) in [6, 6.07) is 0.167. The number of aliphatic hydroxyl groups excluding tert-OH is 4. The summed E-state index contributed by atoms with van der Waals surface area (Å²) in [7, 11) is 0. The van der Waals surface area contributed by atoms with Crippen molar-refractivity contribution in [2.75, 3.05) is 6.61 Å². The number of carboxylic acid groups (broad SMARTS) is 3. The molecule has 210 valence electrons. The van der Waals surface area contributed by atoms with Crippen LogP contribution in [0.5, 0.6) is 11.5 Å². The second-order valence-electron chi connectivity index (χ2n) is 9.22. The smallest absolute Gasteiger partial charge is 0.373 e. The Morgan fingerprint density at radius 3 is 2.38 bits per heavy atom. The Morgan fingerprint density at radius 2 is 1.77 bits per heavy atom. The van der Waals surface area contributed by atoms with Crippen molar-refractivity contribution < 1.29 is 69.3 Å². The van der Waals surface area contributed by atoms with Crippen LogP contribution in [0.1, 0.15) is 12.0 Å². The summed E-state index contributed by atoms with van der Waals surface area (Å²) in [6.45, 7) is -0.699. The monoisotopic (exact) mass is 551 g/mol. The van der Waals surface area contributed by atoms with E-state index in [-0.39, 0.29) is 30.0 Å². The number of allylic oxidation sites excluding steroid dienone is 2. The fraction of sp³-hybridized carbons (Fsp3) is 0.417. The summed E-state index contributed by atoms with van der Waals surface area (Å²) in [5, 5.41) is 80.9. The standard InChI is InChI=1S/C24H26N2O13/c27-8-17-18(29)19(30)20(31)24(39-17)38-16-7-13-10(6-15(16)28)5-14(23(36)37)26(13)2-1-9-3-11(21(32)33)25-12(4-9)22(34)35/h1-3,6-7,12,14,17-20,24,27,29-31H,4-5,8H2,(H4,28,32,33,34,35,36,37)/p+1/t12-,14-,17+,18-,19+,20-,24-/m1/s1. The van der Waals surface area contributed by atoms with Gasteiger partial charge in [-0.25, -0.2) is 14.4 Å². The minimum atomic E-state index is -1.76. The minimum Gasteiger partial charge on any atom is -0.504 e. The fourth-order valence-electron chi connectivity index (χ4n) is 4.58. The molecule has 0 radical (unpaired) electrons. The molecule has 0 aliphatic carbocycles. The Kier molecular flexibility index (Phi) is 7.89. The number of rotatable bonds is 7. The summed E-state index contributed by atoms with van der Waals surface area (Å²) in [5.41, 5.74) is 0.631. The molecule has 15 heteroatoms. The number of carboxylic acids is 3. The van der Waals surface area contributed by atoms with E-state index in [0.29, 0.717) is 11.1 Å². The molecule has 3 aliphatic rings. The van der Waals surface area contributed by atoms with Crippen LogP contribution in [0.2, 0.25) is 0 Å². The van der Waals surface area contributed by atoms with Gasteiger partial charge in [-0.2, -0.15) is 4.58 Å². The molecule has 1 aromatic carbocycles. The zero-order valence-corrected chi connectivity index (χ0v) is 20.1. The molecule has 0 spiro atoms. The second-order valence-corrected chi connectivity index (χ2v) is 9.22. The van der Waals surface area contributed by atoms with Gasteiger partial charge in [-0.15, -0.1) is 0 Å². The number of aliphatic carboxylic acids is 3. The Morgan fingerprint density at radius 1 is 1.05 bits per heavy atom. The number of nitrogens with zero attached hydrogens (tertiary/aromatic N) is 1. The second kappa shape index (κ2) is 11.0. The molecule has 39 heavy (non-hydrogen) atoms. The normalized spacial score (nSPS) is 32.3. The van der Waals surface area contributed by atoms with Crippen LogP contribution in [0.4, 0.5) is 5.69 Å². The molecule has 1 saturated heterocycles. The molecule has 9 N–H and O–H groups in total. The van der Waals surface area contributed by atoms with Gasteiger partial charge in [0, 0.05) is 18.1 Å². The van der Waals surface area contributed by atoms with Gasteiger partial charge in [0.15, 0.2) is 17.7 Å². The highest BCUT2D eigenvalue weighted by atomic mass is 16.7. The average Bonchev–Trinajstić information content (AvgIpc) is 3.24. The van der Waals surface area contributed by atoms with E-state index in [1.54, 1.807) is 0 Å². The number of benzene rings is 1. The number of aliphatic hydroxyl groups is 4. The van der Waals surface area contributed by atoms with Gasteiger partial charge in [-0.05, 0) is 17.7 Å². The lowest BCUT2D eigenvalue weighted by Gasteiger charge is -2.39. The lowest BCUT2D eigenvalue weighted by atomic mass is 9.99. The number of ether oxygens (including phenoxy) is 2. The molecule has 0 saturated carbocycles. The number of phenolic OH excluding ortho intramolecular Hbond substituents is 1. The molecule has 0 aromatic heterocycles. The quantitative estimate of drug-likeness (QED) is 0.161. The van der Waals surface area contributed by atoms with Gasteiger partial charge in [0.25, 0.3) is 6.04 Å². The van der Waals surface area contributed by atoms with Crippen molar-refractivity contribution in [3.05, 3.63) is 41.1 Å². The van der Waals surface area contributed by atoms with Crippen LogP contribution in [-0.4, -0.2) is 119 Å². The van der Waals surface area contributed by atoms with E-state index in [0.717, 1.165) is 0 Å². The Bertz CT molecular complexity index is 1270. The first-order chi connectivity index (χ1) is 18.4. The van der Waals surface area contributed by atoms with Crippen LogP contribution in [0.3, 0.4) is 0 Å². The van der Waals surface area contributed by atoms with Crippen molar-refractivity contribution in [2.24, 2.45) is 0 Å². The number of carbonyl (C=O) groups is 3. The minimum absolute atomic E-state index is 0.0340. The highest BCUT2D eigenvalue weighted by Crippen LogP contribution is 2.40. The lowest BCUT2D eigenvalue weighted by molar-refractivity contribution is -0.456. The number of hydrogen-bond acceptors (Lipinski definition) is 11. The number of fused-ring (bicyclic) bond motifs is 1.